The molecule has 10 heavy (non-hydrogen) atoms. The van der Waals surface area contributed by atoms with Crippen LogP contribution in [0.4, 0.5) is 8.78 Å². The Kier molecular flexibility index (Phi) is 0.812. The molecule has 0 aromatic carbocycles. The zero-order valence-electron chi connectivity index (χ0n) is 5.95. The average molecular weight is 147 g/mol. The summed E-state index contributed by atoms with van der Waals surface area (Å²) < 4.78 is 25.4. The minimum Gasteiger partial charge on any atom is -0.325 e. The highest BCUT2D eigenvalue weighted by Gasteiger charge is 2.74. The molecule has 0 aliphatic heterocycles. The van der Waals surface area contributed by atoms with E-state index >= 15 is 0 Å². The number of hydrogen-bond donors (Lipinski definition) is 1. The first-order valence-corrected chi connectivity index (χ1v) is 3.54. The van der Waals surface area contributed by atoms with Crippen LogP contribution >= 0.6 is 0 Å². The van der Waals surface area contributed by atoms with Gasteiger partial charge in [-0.1, -0.05) is 0 Å². The molecule has 58 valence electrons. The Labute approximate surface area is 58.6 Å². The largest absolute Gasteiger partial charge is 0.325 e. The van der Waals surface area contributed by atoms with Gasteiger partial charge in [0.25, 0.3) is 5.92 Å². The second-order valence-electron chi connectivity index (χ2n) is 4.06. The van der Waals surface area contributed by atoms with Crippen molar-refractivity contribution in [3.63, 3.8) is 0 Å². The first kappa shape index (κ1) is 6.53. The highest BCUT2D eigenvalue weighted by Crippen LogP contribution is 2.71. The molecular weight excluding hydrogens is 136 g/mol. The fourth-order valence-electron chi connectivity index (χ4n) is 2.33. The Morgan fingerprint density at radius 1 is 1.30 bits per heavy atom. The summed E-state index contributed by atoms with van der Waals surface area (Å²) in [4.78, 5) is 0. The third-order valence-corrected chi connectivity index (χ3v) is 3.00. The van der Waals surface area contributed by atoms with E-state index in [1.54, 1.807) is 0 Å². The van der Waals surface area contributed by atoms with Crippen LogP contribution in [-0.4, -0.2) is 11.5 Å². The number of hydrogen-bond acceptors (Lipinski definition) is 1. The fourth-order valence-corrected chi connectivity index (χ4v) is 2.33. The molecule has 3 fully saturated rings. The third kappa shape index (κ3) is 0.506. The van der Waals surface area contributed by atoms with Crippen molar-refractivity contribution in [3.8, 4) is 0 Å². The summed E-state index contributed by atoms with van der Waals surface area (Å²) in [6.07, 6.45) is 1.59. The van der Waals surface area contributed by atoms with Crippen molar-refractivity contribution in [1.29, 1.82) is 0 Å². The molecule has 0 aromatic heterocycles. The van der Waals surface area contributed by atoms with E-state index in [9.17, 15) is 8.78 Å². The van der Waals surface area contributed by atoms with Crippen LogP contribution in [0.25, 0.3) is 0 Å². The Morgan fingerprint density at radius 3 is 1.80 bits per heavy atom. The molecule has 0 amide bonds. The number of halogens is 2. The molecule has 3 aliphatic carbocycles. The predicted octanol–water partition coefficient (Wildman–Crippen LogP) is 1.52. The molecule has 0 heterocycles. The van der Waals surface area contributed by atoms with E-state index in [4.69, 9.17) is 5.73 Å². The third-order valence-electron chi connectivity index (χ3n) is 3.00. The molecule has 0 spiro atoms. The molecular formula is C7H11F2N. The quantitative estimate of drug-likeness (QED) is 0.598. The lowest BCUT2D eigenvalue weighted by Gasteiger charge is -2.70. The maximum atomic E-state index is 12.7. The number of rotatable bonds is 1. The van der Waals surface area contributed by atoms with E-state index in [-0.39, 0.29) is 5.54 Å². The minimum atomic E-state index is -2.51. The molecule has 0 aromatic rings. The second-order valence-corrected chi connectivity index (χ2v) is 4.06. The molecule has 2 N–H and O–H groups in total. The summed E-state index contributed by atoms with van der Waals surface area (Å²) in [7, 11) is 0. The van der Waals surface area contributed by atoms with Crippen molar-refractivity contribution in [3.05, 3.63) is 0 Å². The van der Waals surface area contributed by atoms with Crippen LogP contribution < -0.4 is 5.73 Å². The monoisotopic (exact) mass is 147 g/mol. The Hall–Kier alpha value is -0.180. The van der Waals surface area contributed by atoms with Gasteiger partial charge < -0.3 is 5.73 Å². The summed E-state index contributed by atoms with van der Waals surface area (Å²) in [6, 6.07) is 0. The molecule has 2 bridgehead atoms. The van der Waals surface area contributed by atoms with E-state index in [0.29, 0.717) is 19.3 Å². The molecule has 3 saturated carbocycles. The van der Waals surface area contributed by atoms with Gasteiger partial charge in [-0.15, -0.1) is 0 Å². The van der Waals surface area contributed by atoms with E-state index < -0.39 is 11.3 Å². The topological polar surface area (TPSA) is 26.0 Å². The summed E-state index contributed by atoms with van der Waals surface area (Å²) in [5, 5.41) is 0. The van der Waals surface area contributed by atoms with Crippen molar-refractivity contribution in [2.45, 2.75) is 37.6 Å². The average Bonchev–Trinajstić information content (AvgIpc) is 1.51. The summed E-state index contributed by atoms with van der Waals surface area (Å²) >= 11 is 0. The van der Waals surface area contributed by atoms with Gasteiger partial charge in [-0.25, -0.2) is 8.78 Å². The molecule has 1 nitrogen and oxygen atoms in total. The van der Waals surface area contributed by atoms with E-state index in [1.807, 2.05) is 0 Å². The normalized spacial score (nSPS) is 51.6. The smallest absolute Gasteiger partial charge is 0.251 e. The van der Waals surface area contributed by atoms with Gasteiger partial charge in [0, 0.05) is 11.0 Å². The maximum Gasteiger partial charge on any atom is 0.251 e. The number of nitrogens with two attached hydrogens (primary N) is 1. The van der Waals surface area contributed by atoms with E-state index in [1.165, 1.54) is 0 Å². The van der Waals surface area contributed by atoms with Crippen LogP contribution in [0.5, 0.6) is 0 Å². The lowest BCUT2D eigenvalue weighted by Crippen LogP contribution is -2.77. The zero-order valence-corrected chi connectivity index (χ0v) is 5.95. The molecule has 3 heteroatoms. The van der Waals surface area contributed by atoms with Crippen molar-refractivity contribution in [2.24, 2.45) is 11.1 Å². The fraction of sp³-hybridized carbons (Fsp3) is 1.00. The van der Waals surface area contributed by atoms with Crippen LogP contribution in [0.1, 0.15) is 26.2 Å². The van der Waals surface area contributed by atoms with Gasteiger partial charge in [-0.3, -0.25) is 0 Å². The maximum absolute atomic E-state index is 12.7. The lowest BCUT2D eigenvalue weighted by atomic mass is 9.38. The lowest BCUT2D eigenvalue weighted by molar-refractivity contribution is -0.266. The zero-order chi connectivity index (χ0) is 7.62. The Morgan fingerprint density at radius 2 is 1.70 bits per heavy atom. The standard InChI is InChI=1S/C7H11F2N/c1-5(8,9)6-2-7(10,3-6)4-6/h2-4,10H2,1H3. The van der Waals surface area contributed by atoms with Crippen LogP contribution in [0, 0.1) is 5.41 Å². The number of alkyl halides is 2. The van der Waals surface area contributed by atoms with Crippen LogP contribution in [0.15, 0.2) is 0 Å². The molecule has 0 saturated heterocycles. The van der Waals surface area contributed by atoms with Gasteiger partial charge in [0.2, 0.25) is 0 Å². The van der Waals surface area contributed by atoms with Crippen LogP contribution in [-0.2, 0) is 0 Å². The summed E-state index contributed by atoms with van der Waals surface area (Å²) in [5.74, 6) is -2.51. The predicted molar refractivity (Wildman–Crippen MR) is 33.8 cm³/mol. The Balaban J connectivity index is 2.11. The highest BCUT2D eigenvalue weighted by atomic mass is 19.3. The van der Waals surface area contributed by atoms with Crippen LogP contribution in [0.3, 0.4) is 0 Å². The van der Waals surface area contributed by atoms with Crippen molar-refractivity contribution in [2.75, 3.05) is 0 Å². The molecule has 0 atom stereocenters. The first-order chi connectivity index (χ1) is 4.37. The van der Waals surface area contributed by atoms with Crippen molar-refractivity contribution >= 4 is 0 Å². The van der Waals surface area contributed by atoms with Gasteiger partial charge in [0.15, 0.2) is 0 Å². The Bertz CT molecular complexity index is 163. The summed E-state index contributed by atoms with van der Waals surface area (Å²) in [6.45, 7) is 1.01. The van der Waals surface area contributed by atoms with Gasteiger partial charge in [0.1, 0.15) is 0 Å². The first-order valence-electron chi connectivity index (χ1n) is 3.54. The van der Waals surface area contributed by atoms with Crippen molar-refractivity contribution in [1.82, 2.24) is 0 Å². The van der Waals surface area contributed by atoms with Gasteiger partial charge >= 0.3 is 0 Å². The minimum absolute atomic E-state index is 0.195. The van der Waals surface area contributed by atoms with Gasteiger partial charge in [-0.2, -0.15) is 0 Å². The van der Waals surface area contributed by atoms with Gasteiger partial charge in [-0.05, 0) is 26.2 Å². The molecule has 3 aliphatic rings. The second kappa shape index (κ2) is 1.24. The molecule has 3 rings (SSSR count). The van der Waals surface area contributed by atoms with Crippen LogP contribution in [0.2, 0.25) is 0 Å². The van der Waals surface area contributed by atoms with E-state index in [0.717, 1.165) is 6.92 Å². The SMILES string of the molecule is CC(F)(F)C12CC(N)(C1)C2. The molecule has 0 unspecified atom stereocenters. The van der Waals surface area contributed by atoms with Gasteiger partial charge in [0.05, 0.1) is 0 Å². The molecule has 0 radical (unpaired) electrons. The van der Waals surface area contributed by atoms with Crippen molar-refractivity contribution < 1.29 is 8.78 Å². The van der Waals surface area contributed by atoms with E-state index in [2.05, 4.69) is 0 Å². The summed E-state index contributed by atoms with van der Waals surface area (Å²) in [5.41, 5.74) is 4.75. The highest BCUT2D eigenvalue weighted by molar-refractivity contribution is 5.25.